The van der Waals surface area contributed by atoms with Gasteiger partial charge in [-0.25, -0.2) is 0 Å². The van der Waals surface area contributed by atoms with Gasteiger partial charge in [0.05, 0.1) is 13.2 Å². The van der Waals surface area contributed by atoms with E-state index in [1.807, 2.05) is 6.92 Å². The summed E-state index contributed by atoms with van der Waals surface area (Å²) in [6, 6.07) is 0. The highest BCUT2D eigenvalue weighted by Gasteiger charge is 2.08. The van der Waals surface area contributed by atoms with Crippen molar-refractivity contribution in [2.24, 2.45) is 5.92 Å². The molecular weight excluding hydrogens is 344 g/mol. The summed E-state index contributed by atoms with van der Waals surface area (Å²) in [7, 11) is 1.67. The van der Waals surface area contributed by atoms with Crippen molar-refractivity contribution >= 4 is 11.9 Å². The number of carbonyl (C=O) groups excluding carboxylic acids is 2. The number of ether oxygens (including phenoxy) is 3. The van der Waals surface area contributed by atoms with E-state index in [4.69, 9.17) is 14.2 Å². The minimum Gasteiger partial charge on any atom is -0.466 e. The molecule has 5 heteroatoms. The van der Waals surface area contributed by atoms with Crippen molar-refractivity contribution in [2.75, 3.05) is 26.9 Å². The molecule has 5 nitrogen and oxygen atoms in total. The molecule has 0 aromatic heterocycles. The highest BCUT2D eigenvalue weighted by Crippen LogP contribution is 2.09. The van der Waals surface area contributed by atoms with E-state index in [1.54, 1.807) is 7.11 Å². The Hall–Kier alpha value is -1.10. The van der Waals surface area contributed by atoms with Crippen LogP contribution < -0.4 is 0 Å². The average Bonchev–Trinajstić information content (AvgIpc) is 2.66. The monoisotopic (exact) mass is 386 g/mol. The molecule has 0 fully saturated rings. The number of hydrogen-bond donors (Lipinski definition) is 0. The molecular formula is C22H42O5. The maximum absolute atomic E-state index is 11.7. The fourth-order valence-corrected chi connectivity index (χ4v) is 2.74. The first-order valence-electron chi connectivity index (χ1n) is 10.9. The second-order valence-corrected chi connectivity index (χ2v) is 7.47. The Morgan fingerprint density at radius 3 is 1.89 bits per heavy atom. The van der Waals surface area contributed by atoms with Gasteiger partial charge in [0.15, 0.2) is 0 Å². The second-order valence-electron chi connectivity index (χ2n) is 7.47. The molecule has 0 spiro atoms. The average molecular weight is 387 g/mol. The largest absolute Gasteiger partial charge is 0.466 e. The van der Waals surface area contributed by atoms with Crippen LogP contribution in [0.4, 0.5) is 0 Å². The number of methoxy groups -OCH3 is 1. The molecule has 0 aliphatic rings. The molecule has 0 aliphatic carbocycles. The normalized spacial score (nSPS) is 12.0. The lowest BCUT2D eigenvalue weighted by molar-refractivity contribution is -0.146. The van der Waals surface area contributed by atoms with Crippen LogP contribution in [-0.2, 0) is 23.8 Å². The third-order valence-corrected chi connectivity index (χ3v) is 4.62. The van der Waals surface area contributed by atoms with Gasteiger partial charge in [-0.15, -0.1) is 0 Å². The van der Waals surface area contributed by atoms with E-state index in [1.165, 1.54) is 38.5 Å². The van der Waals surface area contributed by atoms with E-state index in [9.17, 15) is 9.59 Å². The predicted octanol–water partition coefficient (Wildman–Crippen LogP) is 5.45. The molecule has 0 N–H and O–H groups in total. The van der Waals surface area contributed by atoms with Crippen LogP contribution in [0.5, 0.6) is 0 Å². The van der Waals surface area contributed by atoms with E-state index in [0.29, 0.717) is 51.4 Å². The van der Waals surface area contributed by atoms with Crippen molar-refractivity contribution in [1.29, 1.82) is 0 Å². The quantitative estimate of drug-likeness (QED) is 0.218. The van der Waals surface area contributed by atoms with Crippen LogP contribution in [0.15, 0.2) is 0 Å². The number of unbranched alkanes of at least 4 members (excludes halogenated alkanes) is 8. The molecule has 0 heterocycles. The molecule has 0 radical (unpaired) electrons. The number of carbonyl (C=O) groups is 2. The SMILES string of the molecule is CCCCCCCCCCOC(=O)CCCCC(=O)OCC(C)CCOC. The highest BCUT2D eigenvalue weighted by atomic mass is 16.5. The van der Waals surface area contributed by atoms with Gasteiger partial charge in [-0.3, -0.25) is 9.59 Å². The van der Waals surface area contributed by atoms with Gasteiger partial charge >= 0.3 is 11.9 Å². The zero-order chi connectivity index (χ0) is 20.2. The van der Waals surface area contributed by atoms with Crippen LogP contribution in [0, 0.1) is 5.92 Å². The minimum atomic E-state index is -0.188. The Kier molecular flexibility index (Phi) is 18.9. The summed E-state index contributed by atoms with van der Waals surface area (Å²) in [5, 5.41) is 0. The lowest BCUT2D eigenvalue weighted by Crippen LogP contribution is -2.13. The van der Waals surface area contributed by atoms with E-state index in [-0.39, 0.29) is 11.9 Å². The molecule has 160 valence electrons. The van der Waals surface area contributed by atoms with Crippen molar-refractivity contribution in [1.82, 2.24) is 0 Å². The second kappa shape index (κ2) is 19.7. The molecule has 0 bridgehead atoms. The predicted molar refractivity (Wildman–Crippen MR) is 109 cm³/mol. The summed E-state index contributed by atoms with van der Waals surface area (Å²) in [6.07, 6.45) is 12.8. The summed E-state index contributed by atoms with van der Waals surface area (Å²) < 4.78 is 15.5. The molecule has 0 aromatic rings. The number of esters is 2. The molecule has 1 unspecified atom stereocenters. The minimum absolute atomic E-state index is 0.153. The number of hydrogen-bond acceptors (Lipinski definition) is 5. The fourth-order valence-electron chi connectivity index (χ4n) is 2.74. The third kappa shape index (κ3) is 19.5. The molecule has 0 saturated carbocycles. The maximum Gasteiger partial charge on any atom is 0.305 e. The lowest BCUT2D eigenvalue weighted by Gasteiger charge is -2.11. The molecule has 0 aromatic carbocycles. The summed E-state index contributed by atoms with van der Waals surface area (Å²) in [6.45, 7) is 5.90. The van der Waals surface area contributed by atoms with E-state index < -0.39 is 0 Å². The summed E-state index contributed by atoms with van der Waals surface area (Å²) in [5.74, 6) is -0.0358. The standard InChI is InChI=1S/C22H42O5/c1-4-5-6-7-8-9-10-13-17-26-21(23)14-11-12-15-22(24)27-19-20(2)16-18-25-3/h20H,4-19H2,1-3H3. The lowest BCUT2D eigenvalue weighted by atomic mass is 10.1. The van der Waals surface area contributed by atoms with Gasteiger partial charge in [0.2, 0.25) is 0 Å². The number of rotatable bonds is 19. The Labute approximate surface area is 166 Å². The van der Waals surface area contributed by atoms with Gasteiger partial charge in [-0.1, -0.05) is 58.8 Å². The molecule has 1 atom stereocenters. The first-order valence-corrected chi connectivity index (χ1v) is 10.9. The van der Waals surface area contributed by atoms with Crippen molar-refractivity contribution < 1.29 is 23.8 Å². The van der Waals surface area contributed by atoms with Gasteiger partial charge in [-0.2, -0.15) is 0 Å². The van der Waals surface area contributed by atoms with E-state index >= 15 is 0 Å². The Morgan fingerprint density at radius 1 is 0.741 bits per heavy atom. The molecule has 27 heavy (non-hydrogen) atoms. The highest BCUT2D eigenvalue weighted by molar-refractivity contribution is 5.70. The van der Waals surface area contributed by atoms with Gasteiger partial charge < -0.3 is 14.2 Å². The van der Waals surface area contributed by atoms with Crippen LogP contribution in [0.25, 0.3) is 0 Å². The van der Waals surface area contributed by atoms with Gasteiger partial charge in [0, 0.05) is 26.6 Å². The summed E-state index contributed by atoms with van der Waals surface area (Å²) >= 11 is 0. The van der Waals surface area contributed by atoms with Crippen LogP contribution in [0.3, 0.4) is 0 Å². The maximum atomic E-state index is 11.7. The molecule has 0 aliphatic heterocycles. The Bertz CT molecular complexity index is 357. The van der Waals surface area contributed by atoms with Crippen LogP contribution in [0.2, 0.25) is 0 Å². The van der Waals surface area contributed by atoms with Crippen molar-refractivity contribution in [2.45, 2.75) is 97.3 Å². The zero-order valence-electron chi connectivity index (χ0n) is 17.9. The topological polar surface area (TPSA) is 61.8 Å². The van der Waals surface area contributed by atoms with Gasteiger partial charge in [0.25, 0.3) is 0 Å². The fraction of sp³-hybridized carbons (Fsp3) is 0.909. The van der Waals surface area contributed by atoms with Crippen molar-refractivity contribution in [3.8, 4) is 0 Å². The molecule has 0 rings (SSSR count). The zero-order valence-corrected chi connectivity index (χ0v) is 17.9. The van der Waals surface area contributed by atoms with Gasteiger partial charge in [-0.05, 0) is 31.6 Å². The first-order chi connectivity index (χ1) is 13.1. The van der Waals surface area contributed by atoms with Crippen molar-refractivity contribution in [3.05, 3.63) is 0 Å². The van der Waals surface area contributed by atoms with Crippen LogP contribution >= 0.6 is 0 Å². The van der Waals surface area contributed by atoms with Crippen LogP contribution in [0.1, 0.15) is 97.3 Å². The van der Waals surface area contributed by atoms with Crippen molar-refractivity contribution in [3.63, 3.8) is 0 Å². The Morgan fingerprint density at radius 2 is 1.30 bits per heavy atom. The van der Waals surface area contributed by atoms with Crippen LogP contribution in [-0.4, -0.2) is 38.9 Å². The van der Waals surface area contributed by atoms with Gasteiger partial charge in [0.1, 0.15) is 0 Å². The molecule has 0 saturated heterocycles. The van der Waals surface area contributed by atoms with E-state index in [2.05, 4.69) is 6.92 Å². The summed E-state index contributed by atoms with van der Waals surface area (Å²) in [4.78, 5) is 23.3. The Balaban J connectivity index is 3.39. The third-order valence-electron chi connectivity index (χ3n) is 4.62. The van der Waals surface area contributed by atoms with E-state index in [0.717, 1.165) is 19.3 Å². The first kappa shape index (κ1) is 25.9. The summed E-state index contributed by atoms with van der Waals surface area (Å²) in [5.41, 5.74) is 0. The smallest absolute Gasteiger partial charge is 0.305 e. The molecule has 0 amide bonds.